The Labute approximate surface area is 243 Å². The van der Waals surface area contributed by atoms with Crippen LogP contribution in [0.2, 0.25) is 0 Å². The first-order valence-corrected chi connectivity index (χ1v) is 14.4. The number of anilines is 2. The monoisotopic (exact) mass is 562 g/mol. The smallest absolute Gasteiger partial charge is 0.265 e. The highest BCUT2D eigenvalue weighted by atomic mass is 16.2. The number of fused-ring (bicyclic) bond motifs is 2. The van der Waals surface area contributed by atoms with E-state index in [0.717, 1.165) is 42.9 Å². The number of carbonyl (C=O) groups is 1. The van der Waals surface area contributed by atoms with Crippen LogP contribution in [0, 0.1) is 5.41 Å². The lowest BCUT2D eigenvalue weighted by Gasteiger charge is -2.55. The van der Waals surface area contributed by atoms with Gasteiger partial charge >= 0.3 is 0 Å². The maximum atomic E-state index is 14.4. The second-order valence-electron chi connectivity index (χ2n) is 11.8. The molecule has 1 atom stereocenters. The fourth-order valence-corrected chi connectivity index (χ4v) is 6.60. The number of hydrogen-bond donors (Lipinski definition) is 2. The summed E-state index contributed by atoms with van der Waals surface area (Å²) in [7, 11) is 2.19. The van der Waals surface area contributed by atoms with Gasteiger partial charge in [0.2, 0.25) is 0 Å². The van der Waals surface area contributed by atoms with Gasteiger partial charge in [0.1, 0.15) is 5.56 Å². The maximum Gasteiger partial charge on any atom is 0.265 e. The highest BCUT2D eigenvalue weighted by Gasteiger charge is 2.45. The summed E-state index contributed by atoms with van der Waals surface area (Å²) < 4.78 is 3.21. The summed E-state index contributed by atoms with van der Waals surface area (Å²) in [5, 5.41) is 8.81. The molecule has 3 N–H and O–H groups in total. The Kier molecular flexibility index (Phi) is 6.23. The zero-order valence-corrected chi connectivity index (χ0v) is 23.8. The van der Waals surface area contributed by atoms with Crippen LogP contribution in [-0.4, -0.2) is 63.2 Å². The molecule has 1 spiro atoms. The molecule has 0 aliphatic carbocycles. The molecule has 0 bridgehead atoms. The number of nitrogens with one attached hydrogen (secondary N) is 1. The van der Waals surface area contributed by atoms with E-state index in [9.17, 15) is 9.59 Å². The van der Waals surface area contributed by atoms with E-state index >= 15 is 0 Å². The topological polar surface area (TPSA) is 114 Å². The molecule has 42 heavy (non-hydrogen) atoms. The lowest BCUT2D eigenvalue weighted by Crippen LogP contribution is -2.60. The van der Waals surface area contributed by atoms with Crippen LogP contribution in [0.1, 0.15) is 41.9 Å². The van der Waals surface area contributed by atoms with Gasteiger partial charge in [-0.05, 0) is 75.6 Å². The maximum absolute atomic E-state index is 14.4. The normalized spacial score (nSPS) is 17.4. The minimum absolute atomic E-state index is 0.0962. The van der Waals surface area contributed by atoms with Crippen molar-refractivity contribution >= 4 is 33.8 Å². The number of nitrogens with zero attached hydrogens (tertiary/aromatic N) is 6. The van der Waals surface area contributed by atoms with Crippen molar-refractivity contribution in [2.24, 2.45) is 5.41 Å². The molecule has 2 saturated heterocycles. The van der Waals surface area contributed by atoms with Gasteiger partial charge in [-0.25, -0.2) is 9.50 Å². The number of rotatable bonds is 5. The van der Waals surface area contributed by atoms with E-state index in [0.29, 0.717) is 22.1 Å². The van der Waals surface area contributed by atoms with Crippen molar-refractivity contribution in [2.75, 3.05) is 43.9 Å². The molecular formula is C32H34N8O2. The standard InChI is InChI=1S/C32H34N8O2/c1-21(35-30(41)27-28(33)36-39-15-7-14-34-29(27)39)25-18-22-8-6-11-24(38-19-32(20-38)12-16-37(2)17-13-32)26(22)31(42)40(25)23-9-4-3-5-10-23/h3-11,14-15,18,21H,12-13,16-17,19-20H2,1-2H3,(H2,33,36)(H,35,41)/t21-/m0/s1. The molecule has 10 heteroatoms. The first kappa shape index (κ1) is 26.2. The minimum Gasteiger partial charge on any atom is -0.381 e. The molecule has 7 rings (SSSR count). The van der Waals surface area contributed by atoms with E-state index in [-0.39, 0.29) is 16.9 Å². The first-order valence-electron chi connectivity index (χ1n) is 14.4. The predicted octanol–water partition coefficient (Wildman–Crippen LogP) is 3.64. The van der Waals surface area contributed by atoms with Crippen molar-refractivity contribution in [1.82, 2.24) is 29.4 Å². The largest absolute Gasteiger partial charge is 0.381 e. The average molecular weight is 563 g/mol. The number of nitrogens with two attached hydrogens (primary N) is 1. The fourth-order valence-electron chi connectivity index (χ4n) is 6.60. The SMILES string of the molecule is C[C@H](NC(=O)c1c(N)nn2cccnc12)c1cc2cccc(N3CC4(CCN(C)CC4)C3)c2c(=O)n1-c1ccccc1. The minimum atomic E-state index is -0.525. The van der Waals surface area contributed by atoms with Gasteiger partial charge < -0.3 is 20.9 Å². The van der Waals surface area contributed by atoms with Crippen LogP contribution >= 0.6 is 0 Å². The Morgan fingerprint density at radius 3 is 2.57 bits per heavy atom. The molecule has 0 saturated carbocycles. The number of amides is 1. The summed E-state index contributed by atoms with van der Waals surface area (Å²) in [5.74, 6) is -0.308. The van der Waals surface area contributed by atoms with Gasteiger partial charge in [0.15, 0.2) is 11.5 Å². The van der Waals surface area contributed by atoms with Crippen LogP contribution in [0.4, 0.5) is 11.5 Å². The molecule has 214 valence electrons. The number of pyridine rings is 1. The highest BCUT2D eigenvalue weighted by Crippen LogP contribution is 2.43. The number of likely N-dealkylation sites (tertiary alicyclic amines) is 1. The molecule has 0 unspecified atom stereocenters. The van der Waals surface area contributed by atoms with Crippen LogP contribution in [0.3, 0.4) is 0 Å². The third-order valence-corrected chi connectivity index (χ3v) is 8.95. The van der Waals surface area contributed by atoms with E-state index < -0.39 is 11.9 Å². The molecule has 3 aromatic heterocycles. The van der Waals surface area contributed by atoms with Gasteiger partial charge in [0, 0.05) is 42.3 Å². The lowest BCUT2D eigenvalue weighted by molar-refractivity contribution is 0.0908. The van der Waals surface area contributed by atoms with Crippen molar-refractivity contribution < 1.29 is 4.79 Å². The van der Waals surface area contributed by atoms with Crippen LogP contribution in [0.15, 0.2) is 77.9 Å². The zero-order chi connectivity index (χ0) is 29.0. The van der Waals surface area contributed by atoms with E-state index in [1.54, 1.807) is 23.0 Å². The van der Waals surface area contributed by atoms with Gasteiger partial charge in [-0.1, -0.05) is 30.3 Å². The summed E-state index contributed by atoms with van der Waals surface area (Å²) in [6.45, 7) is 6.04. The predicted molar refractivity (Wildman–Crippen MR) is 164 cm³/mol. The molecule has 2 aliphatic rings. The second kappa shape index (κ2) is 9.99. The Morgan fingerprint density at radius 2 is 1.81 bits per heavy atom. The number of carbonyl (C=O) groups excluding carboxylic acids is 1. The summed E-state index contributed by atoms with van der Waals surface area (Å²) >= 11 is 0. The molecule has 2 fully saturated rings. The summed E-state index contributed by atoms with van der Waals surface area (Å²) in [6.07, 6.45) is 5.66. The van der Waals surface area contributed by atoms with Crippen LogP contribution in [0.5, 0.6) is 0 Å². The van der Waals surface area contributed by atoms with E-state index in [1.165, 1.54) is 17.4 Å². The first-order chi connectivity index (χ1) is 20.3. The quantitative estimate of drug-likeness (QED) is 0.336. The molecular weight excluding hydrogens is 528 g/mol. The third-order valence-electron chi connectivity index (χ3n) is 8.95. The molecule has 5 aromatic rings. The number of para-hydroxylation sites is 1. The summed E-state index contributed by atoms with van der Waals surface area (Å²) in [4.78, 5) is 37.0. The van der Waals surface area contributed by atoms with Crippen molar-refractivity contribution in [2.45, 2.75) is 25.8 Å². The number of hydrogen-bond acceptors (Lipinski definition) is 7. The molecule has 1 amide bonds. The van der Waals surface area contributed by atoms with Crippen molar-refractivity contribution in [1.29, 1.82) is 0 Å². The molecule has 0 radical (unpaired) electrons. The highest BCUT2D eigenvalue weighted by molar-refractivity contribution is 6.04. The Hall–Kier alpha value is -4.70. The Morgan fingerprint density at radius 1 is 1.05 bits per heavy atom. The van der Waals surface area contributed by atoms with Gasteiger partial charge in [-0.3, -0.25) is 14.2 Å². The molecule has 2 aliphatic heterocycles. The number of nitrogen functional groups attached to an aromatic ring is 1. The van der Waals surface area contributed by atoms with Gasteiger partial charge in [-0.15, -0.1) is 5.10 Å². The van der Waals surface area contributed by atoms with Crippen molar-refractivity contribution in [3.05, 3.63) is 94.7 Å². The van der Waals surface area contributed by atoms with Crippen LogP contribution in [-0.2, 0) is 0 Å². The Balaban J connectivity index is 1.28. The van der Waals surface area contributed by atoms with E-state index in [2.05, 4.69) is 38.3 Å². The second-order valence-corrected chi connectivity index (χ2v) is 11.8. The number of aromatic nitrogens is 4. The fraction of sp³-hybridized carbons (Fsp3) is 0.312. The number of piperidine rings is 1. The van der Waals surface area contributed by atoms with Crippen molar-refractivity contribution in [3.8, 4) is 5.69 Å². The Bertz CT molecular complexity index is 1860. The molecule has 10 nitrogen and oxygen atoms in total. The zero-order valence-electron chi connectivity index (χ0n) is 23.8. The van der Waals surface area contributed by atoms with E-state index in [1.807, 2.05) is 55.5 Å². The lowest BCUT2D eigenvalue weighted by atomic mass is 9.71. The van der Waals surface area contributed by atoms with Crippen LogP contribution in [0.25, 0.3) is 22.1 Å². The summed E-state index contributed by atoms with van der Waals surface area (Å²) in [5.41, 5.74) is 9.31. The average Bonchev–Trinajstić information content (AvgIpc) is 3.32. The van der Waals surface area contributed by atoms with Gasteiger partial charge in [0.05, 0.1) is 17.1 Å². The van der Waals surface area contributed by atoms with Crippen molar-refractivity contribution in [3.63, 3.8) is 0 Å². The summed E-state index contributed by atoms with van der Waals surface area (Å²) in [6, 6.07) is 18.8. The molecule has 2 aromatic carbocycles. The van der Waals surface area contributed by atoms with Gasteiger partial charge in [0.25, 0.3) is 11.5 Å². The van der Waals surface area contributed by atoms with E-state index in [4.69, 9.17) is 5.73 Å². The molecule has 5 heterocycles. The number of benzene rings is 2. The van der Waals surface area contributed by atoms with Crippen LogP contribution < -0.4 is 21.5 Å². The van der Waals surface area contributed by atoms with Gasteiger partial charge in [-0.2, -0.15) is 0 Å². The third kappa shape index (κ3) is 4.30.